The van der Waals surface area contributed by atoms with Crippen molar-refractivity contribution in [2.24, 2.45) is 0 Å². The normalized spacial score (nSPS) is 17.6. The van der Waals surface area contributed by atoms with Crippen molar-refractivity contribution in [2.45, 2.75) is 32.1 Å². The largest absolute Gasteiger partial charge is 0.343 e. The Morgan fingerprint density at radius 3 is 2.48 bits per heavy atom. The summed E-state index contributed by atoms with van der Waals surface area (Å²) in [6.07, 6.45) is 2.03. The number of fused-ring (bicyclic) bond motifs is 1. The molecule has 0 saturated heterocycles. The number of anilines is 2. The SMILES string of the molecule is CC(=O)Nc1ccc([C@@H]2C3=C(CCCC3=O)Nc3[nH]n(-c4ccccc4)c(=O)c32)cc1. The molecule has 7 heteroatoms. The maximum absolute atomic E-state index is 13.5. The van der Waals surface area contributed by atoms with Gasteiger partial charge >= 0.3 is 0 Å². The molecule has 0 spiro atoms. The number of para-hydroxylation sites is 1. The fourth-order valence-corrected chi connectivity index (χ4v) is 4.49. The summed E-state index contributed by atoms with van der Waals surface area (Å²) in [4.78, 5) is 37.8. The second kappa shape index (κ2) is 7.43. The van der Waals surface area contributed by atoms with Crippen LogP contribution in [-0.4, -0.2) is 21.5 Å². The summed E-state index contributed by atoms with van der Waals surface area (Å²) in [5.41, 5.74) is 4.14. The van der Waals surface area contributed by atoms with E-state index in [-0.39, 0.29) is 17.2 Å². The van der Waals surface area contributed by atoms with E-state index in [0.717, 1.165) is 29.8 Å². The quantitative estimate of drug-likeness (QED) is 0.609. The predicted octanol–water partition coefficient (Wildman–Crippen LogP) is 3.69. The molecule has 2 aromatic carbocycles. The van der Waals surface area contributed by atoms with Gasteiger partial charge in [-0.05, 0) is 42.7 Å². The summed E-state index contributed by atoms with van der Waals surface area (Å²) >= 11 is 0. The minimum Gasteiger partial charge on any atom is -0.343 e. The van der Waals surface area contributed by atoms with Crippen LogP contribution in [0.2, 0.25) is 0 Å². The third kappa shape index (κ3) is 3.28. The molecule has 0 saturated carbocycles. The molecule has 0 fully saturated rings. The van der Waals surface area contributed by atoms with Crippen LogP contribution in [0.1, 0.15) is 43.2 Å². The molecule has 7 nitrogen and oxygen atoms in total. The van der Waals surface area contributed by atoms with Crippen LogP contribution in [0.3, 0.4) is 0 Å². The third-order valence-corrected chi connectivity index (χ3v) is 5.81. The van der Waals surface area contributed by atoms with Crippen LogP contribution in [0.15, 0.2) is 70.7 Å². The highest BCUT2D eigenvalue weighted by Crippen LogP contribution is 2.43. The number of amides is 1. The van der Waals surface area contributed by atoms with Gasteiger partial charge < -0.3 is 10.6 Å². The molecule has 1 aliphatic heterocycles. The summed E-state index contributed by atoms with van der Waals surface area (Å²) in [6, 6.07) is 16.7. The molecule has 0 unspecified atom stereocenters. The van der Waals surface area contributed by atoms with Crippen molar-refractivity contribution in [1.82, 2.24) is 9.78 Å². The number of H-pyrrole nitrogens is 1. The topological polar surface area (TPSA) is 96.0 Å². The van der Waals surface area contributed by atoms with Gasteiger partial charge in [0.05, 0.1) is 11.3 Å². The van der Waals surface area contributed by atoms with Gasteiger partial charge in [-0.1, -0.05) is 30.3 Å². The molecule has 1 aromatic heterocycles. The standard InChI is InChI=1S/C24H22N4O3/c1-14(29)25-16-12-10-15(11-13-16)20-21-18(8-5-9-19(21)30)26-23-22(20)24(31)28(27-23)17-6-3-2-4-7-17/h2-4,6-7,10-13,20,26-27H,5,8-9H2,1H3,(H,25,29)/t20-/m1/s1. The molecule has 5 rings (SSSR count). The van der Waals surface area contributed by atoms with Gasteiger partial charge in [0.2, 0.25) is 5.91 Å². The van der Waals surface area contributed by atoms with Gasteiger partial charge in [-0.25, -0.2) is 4.68 Å². The Morgan fingerprint density at radius 1 is 1.03 bits per heavy atom. The highest BCUT2D eigenvalue weighted by Gasteiger charge is 2.38. The van der Waals surface area contributed by atoms with E-state index >= 15 is 0 Å². The van der Waals surface area contributed by atoms with Crippen LogP contribution in [0.5, 0.6) is 0 Å². The number of hydrogen-bond donors (Lipinski definition) is 3. The molecule has 2 aliphatic rings. The molecule has 156 valence electrons. The minimum atomic E-state index is -0.459. The fourth-order valence-electron chi connectivity index (χ4n) is 4.49. The van der Waals surface area contributed by atoms with Crippen molar-refractivity contribution in [3.8, 4) is 5.69 Å². The molecule has 3 N–H and O–H groups in total. The number of nitrogens with zero attached hydrogens (tertiary/aromatic N) is 1. The maximum atomic E-state index is 13.5. The second-order valence-electron chi connectivity index (χ2n) is 7.91. The lowest BCUT2D eigenvalue weighted by Gasteiger charge is -2.31. The minimum absolute atomic E-state index is 0.0715. The van der Waals surface area contributed by atoms with E-state index in [4.69, 9.17) is 0 Å². The van der Waals surface area contributed by atoms with Crippen LogP contribution in [-0.2, 0) is 9.59 Å². The van der Waals surface area contributed by atoms with Crippen LogP contribution >= 0.6 is 0 Å². The van der Waals surface area contributed by atoms with Gasteiger partial charge in [-0.2, -0.15) is 0 Å². The second-order valence-corrected chi connectivity index (χ2v) is 7.91. The molecular formula is C24H22N4O3. The van der Waals surface area contributed by atoms with Crippen LogP contribution in [0.25, 0.3) is 5.69 Å². The van der Waals surface area contributed by atoms with Gasteiger partial charge in [0.15, 0.2) is 5.78 Å². The molecular weight excluding hydrogens is 392 g/mol. The highest BCUT2D eigenvalue weighted by molar-refractivity contribution is 6.01. The molecule has 0 bridgehead atoms. The zero-order chi connectivity index (χ0) is 21.5. The molecule has 2 heterocycles. The lowest BCUT2D eigenvalue weighted by Crippen LogP contribution is -2.29. The van der Waals surface area contributed by atoms with Crippen molar-refractivity contribution in [3.05, 3.63) is 87.3 Å². The third-order valence-electron chi connectivity index (χ3n) is 5.81. The van der Waals surface area contributed by atoms with E-state index in [1.54, 1.807) is 12.1 Å². The lowest BCUT2D eigenvalue weighted by atomic mass is 9.77. The number of allylic oxidation sites excluding steroid dienone is 2. The first-order valence-corrected chi connectivity index (χ1v) is 10.3. The summed E-state index contributed by atoms with van der Waals surface area (Å²) < 4.78 is 1.51. The van der Waals surface area contributed by atoms with E-state index in [1.807, 2.05) is 42.5 Å². The fraction of sp³-hybridized carbons (Fsp3) is 0.208. The monoisotopic (exact) mass is 414 g/mol. The number of carbonyl (C=O) groups is 2. The number of carbonyl (C=O) groups excluding carboxylic acids is 2. The number of Topliss-reactive ketones (excluding diaryl/α,β-unsaturated/α-hetero) is 1. The number of hydrogen-bond acceptors (Lipinski definition) is 4. The number of nitrogens with one attached hydrogen (secondary N) is 3. The summed E-state index contributed by atoms with van der Waals surface area (Å²) in [7, 11) is 0. The highest BCUT2D eigenvalue weighted by atomic mass is 16.1. The smallest absolute Gasteiger partial charge is 0.277 e. The maximum Gasteiger partial charge on any atom is 0.277 e. The molecule has 1 atom stereocenters. The summed E-state index contributed by atoms with van der Waals surface area (Å²) in [5, 5.41) is 9.27. The first-order chi connectivity index (χ1) is 15.0. The summed E-state index contributed by atoms with van der Waals surface area (Å²) in [6.45, 7) is 1.45. The number of benzene rings is 2. The van der Waals surface area contributed by atoms with Crippen molar-refractivity contribution in [3.63, 3.8) is 0 Å². The van der Waals surface area contributed by atoms with Gasteiger partial charge in [-0.15, -0.1) is 0 Å². The zero-order valence-electron chi connectivity index (χ0n) is 17.1. The van der Waals surface area contributed by atoms with Crippen molar-refractivity contribution in [1.29, 1.82) is 0 Å². The number of rotatable bonds is 3. The zero-order valence-corrected chi connectivity index (χ0v) is 17.1. The van der Waals surface area contributed by atoms with Crippen LogP contribution < -0.4 is 16.2 Å². The van der Waals surface area contributed by atoms with Gasteiger partial charge in [0, 0.05) is 36.2 Å². The first kappa shape index (κ1) is 19.1. The van der Waals surface area contributed by atoms with Crippen molar-refractivity contribution < 1.29 is 9.59 Å². The molecule has 31 heavy (non-hydrogen) atoms. The van der Waals surface area contributed by atoms with E-state index < -0.39 is 5.92 Å². The Labute approximate surface area is 178 Å². The Kier molecular flexibility index (Phi) is 4.58. The Balaban J connectivity index is 1.67. The average Bonchev–Trinajstić information content (AvgIpc) is 3.09. The van der Waals surface area contributed by atoms with Crippen molar-refractivity contribution in [2.75, 3.05) is 10.6 Å². The Bertz CT molecular complexity index is 1270. The number of aromatic nitrogens is 2. The molecule has 0 radical (unpaired) electrons. The predicted molar refractivity (Wildman–Crippen MR) is 118 cm³/mol. The van der Waals surface area contributed by atoms with Gasteiger partial charge in [-0.3, -0.25) is 19.5 Å². The molecule has 1 aliphatic carbocycles. The molecule has 3 aromatic rings. The van der Waals surface area contributed by atoms with Crippen molar-refractivity contribution >= 4 is 23.2 Å². The number of aromatic amines is 1. The van der Waals surface area contributed by atoms with Gasteiger partial charge in [0.25, 0.3) is 5.56 Å². The molecule has 1 amide bonds. The van der Waals surface area contributed by atoms with E-state index in [9.17, 15) is 14.4 Å². The average molecular weight is 414 g/mol. The summed E-state index contributed by atoms with van der Waals surface area (Å²) in [5.74, 6) is 0.0836. The van der Waals surface area contributed by atoms with E-state index in [1.165, 1.54) is 11.6 Å². The van der Waals surface area contributed by atoms with E-state index in [2.05, 4.69) is 15.7 Å². The Morgan fingerprint density at radius 2 is 1.77 bits per heavy atom. The van der Waals surface area contributed by atoms with Gasteiger partial charge in [0.1, 0.15) is 5.82 Å². The lowest BCUT2D eigenvalue weighted by molar-refractivity contribution is -0.116. The van der Waals surface area contributed by atoms with Crippen LogP contribution in [0.4, 0.5) is 11.5 Å². The first-order valence-electron chi connectivity index (χ1n) is 10.3. The number of ketones is 1. The Hall–Kier alpha value is -3.87. The van der Waals surface area contributed by atoms with E-state index in [0.29, 0.717) is 29.1 Å². The van der Waals surface area contributed by atoms with Crippen LogP contribution in [0, 0.1) is 0 Å².